The molecule has 12 heavy (non-hydrogen) atoms. The Labute approximate surface area is 73.7 Å². The van der Waals surface area contributed by atoms with Crippen LogP contribution in [0.1, 0.15) is 20.3 Å². The Morgan fingerprint density at radius 3 is 2.25 bits per heavy atom. The van der Waals surface area contributed by atoms with E-state index in [1.54, 1.807) is 13.8 Å². The Morgan fingerprint density at radius 2 is 1.92 bits per heavy atom. The molecule has 74 valence electrons. The van der Waals surface area contributed by atoms with Gasteiger partial charge in [-0.3, -0.25) is 0 Å². The van der Waals surface area contributed by atoms with Crippen molar-refractivity contribution in [3.05, 3.63) is 0 Å². The Hall–Kier alpha value is -0.130. The van der Waals surface area contributed by atoms with Crippen LogP contribution in [0.4, 0.5) is 0 Å². The summed E-state index contributed by atoms with van der Waals surface area (Å²) < 4.78 is 22.4. The summed E-state index contributed by atoms with van der Waals surface area (Å²) in [7, 11) is -3.09. The standard InChI is InChI=1S/C7H17NO3S/c1-7(2,8)6-12(10,11)5-3-4-9/h9H,3-6,8H2,1-2H3. The van der Waals surface area contributed by atoms with E-state index in [0.717, 1.165) is 0 Å². The first-order chi connectivity index (χ1) is 5.27. The highest BCUT2D eigenvalue weighted by molar-refractivity contribution is 7.91. The fourth-order valence-corrected chi connectivity index (χ4v) is 2.77. The first-order valence-electron chi connectivity index (χ1n) is 3.87. The zero-order valence-corrected chi connectivity index (χ0v) is 8.39. The molecule has 0 aromatic carbocycles. The Kier molecular flexibility index (Phi) is 4.16. The minimum absolute atomic E-state index is 0.0180. The predicted octanol–water partition coefficient (Wildman–Crippen LogP) is -0.479. The van der Waals surface area contributed by atoms with Crippen molar-refractivity contribution in [3.8, 4) is 0 Å². The van der Waals surface area contributed by atoms with E-state index < -0.39 is 15.4 Å². The second kappa shape index (κ2) is 4.20. The molecule has 0 radical (unpaired) electrons. The lowest BCUT2D eigenvalue weighted by atomic mass is 10.1. The Balaban J connectivity index is 4.06. The van der Waals surface area contributed by atoms with Gasteiger partial charge in [-0.2, -0.15) is 0 Å². The number of hydrogen-bond donors (Lipinski definition) is 2. The van der Waals surface area contributed by atoms with Gasteiger partial charge < -0.3 is 10.8 Å². The Morgan fingerprint density at radius 1 is 1.42 bits per heavy atom. The van der Waals surface area contributed by atoms with Gasteiger partial charge in [-0.05, 0) is 20.3 Å². The molecule has 3 N–H and O–H groups in total. The van der Waals surface area contributed by atoms with E-state index in [1.165, 1.54) is 0 Å². The number of aliphatic hydroxyl groups is 1. The monoisotopic (exact) mass is 195 g/mol. The third-order valence-corrected chi connectivity index (χ3v) is 3.30. The van der Waals surface area contributed by atoms with Gasteiger partial charge in [-0.15, -0.1) is 0 Å². The number of nitrogens with two attached hydrogens (primary N) is 1. The van der Waals surface area contributed by atoms with E-state index in [4.69, 9.17) is 10.8 Å². The quantitative estimate of drug-likeness (QED) is 0.621. The molecule has 0 aliphatic carbocycles. The third-order valence-electron chi connectivity index (χ3n) is 1.21. The molecular formula is C7H17NO3S. The first-order valence-corrected chi connectivity index (χ1v) is 5.69. The van der Waals surface area contributed by atoms with Crippen molar-refractivity contribution in [2.45, 2.75) is 25.8 Å². The molecule has 0 aliphatic heterocycles. The number of hydrogen-bond acceptors (Lipinski definition) is 4. The fraction of sp³-hybridized carbons (Fsp3) is 1.00. The second-order valence-corrected chi connectivity index (χ2v) is 5.84. The van der Waals surface area contributed by atoms with Crippen molar-refractivity contribution in [2.24, 2.45) is 5.73 Å². The molecule has 5 heteroatoms. The summed E-state index contributed by atoms with van der Waals surface area (Å²) in [5, 5.41) is 8.43. The van der Waals surface area contributed by atoms with Crippen molar-refractivity contribution in [2.75, 3.05) is 18.1 Å². The summed E-state index contributed by atoms with van der Waals surface area (Å²) in [6.45, 7) is 3.25. The maximum Gasteiger partial charge on any atom is 0.152 e. The molecule has 0 spiro atoms. The van der Waals surface area contributed by atoms with Crippen molar-refractivity contribution in [1.82, 2.24) is 0 Å². The molecule has 0 atom stereocenters. The summed E-state index contributed by atoms with van der Waals surface area (Å²) in [6, 6.07) is 0. The van der Waals surface area contributed by atoms with Crippen LogP contribution in [0, 0.1) is 0 Å². The van der Waals surface area contributed by atoms with E-state index in [9.17, 15) is 8.42 Å². The topological polar surface area (TPSA) is 80.4 Å². The molecule has 4 nitrogen and oxygen atoms in total. The lowest BCUT2D eigenvalue weighted by molar-refractivity contribution is 0.295. The van der Waals surface area contributed by atoms with Crippen molar-refractivity contribution >= 4 is 9.84 Å². The zero-order chi connectivity index (χ0) is 9.83. The van der Waals surface area contributed by atoms with E-state index in [-0.39, 0.29) is 18.1 Å². The molecule has 0 saturated carbocycles. The molecule has 0 aliphatic rings. The van der Waals surface area contributed by atoms with Crippen LogP contribution in [-0.2, 0) is 9.84 Å². The third kappa shape index (κ3) is 6.57. The SMILES string of the molecule is CC(C)(N)CS(=O)(=O)CCCO. The number of sulfone groups is 1. The highest BCUT2D eigenvalue weighted by atomic mass is 32.2. The predicted molar refractivity (Wildman–Crippen MR) is 48.6 cm³/mol. The summed E-state index contributed by atoms with van der Waals surface area (Å²) in [6.07, 6.45) is 0.290. The van der Waals surface area contributed by atoms with Crippen LogP contribution >= 0.6 is 0 Å². The van der Waals surface area contributed by atoms with E-state index >= 15 is 0 Å². The number of aliphatic hydroxyl groups excluding tert-OH is 1. The van der Waals surface area contributed by atoms with Crippen molar-refractivity contribution in [1.29, 1.82) is 0 Å². The van der Waals surface area contributed by atoms with Crippen LogP contribution in [0.15, 0.2) is 0 Å². The summed E-state index contributed by atoms with van der Waals surface area (Å²) >= 11 is 0. The van der Waals surface area contributed by atoms with Crippen molar-refractivity contribution < 1.29 is 13.5 Å². The maximum atomic E-state index is 11.2. The minimum Gasteiger partial charge on any atom is -0.396 e. The van der Waals surface area contributed by atoms with Gasteiger partial charge in [0.15, 0.2) is 9.84 Å². The van der Waals surface area contributed by atoms with Gasteiger partial charge >= 0.3 is 0 Å². The van der Waals surface area contributed by atoms with Crippen LogP contribution in [0.2, 0.25) is 0 Å². The molecular weight excluding hydrogens is 178 g/mol. The van der Waals surface area contributed by atoms with Gasteiger partial charge in [0.25, 0.3) is 0 Å². The summed E-state index contributed by atoms with van der Waals surface area (Å²) in [5.41, 5.74) is 4.87. The van der Waals surface area contributed by atoms with Gasteiger partial charge in [-0.25, -0.2) is 8.42 Å². The fourth-order valence-electron chi connectivity index (χ4n) is 0.923. The smallest absolute Gasteiger partial charge is 0.152 e. The van der Waals surface area contributed by atoms with Crippen LogP contribution in [0.5, 0.6) is 0 Å². The van der Waals surface area contributed by atoms with Gasteiger partial charge in [0.05, 0.1) is 11.5 Å². The normalized spacial score (nSPS) is 13.3. The van der Waals surface area contributed by atoms with E-state index in [1.807, 2.05) is 0 Å². The summed E-state index contributed by atoms with van der Waals surface area (Å²) in [4.78, 5) is 0. The number of rotatable bonds is 5. The first kappa shape index (κ1) is 11.9. The molecule has 0 heterocycles. The Bertz CT molecular complexity index is 215. The second-order valence-electron chi connectivity index (χ2n) is 3.66. The molecule has 0 fully saturated rings. The molecule has 0 rings (SSSR count). The average Bonchev–Trinajstić information content (AvgIpc) is 1.78. The summed E-state index contributed by atoms with van der Waals surface area (Å²) in [5.74, 6) is -0.00979. The van der Waals surface area contributed by atoms with Crippen LogP contribution in [-0.4, -0.2) is 37.2 Å². The van der Waals surface area contributed by atoms with Crippen LogP contribution < -0.4 is 5.73 Å². The highest BCUT2D eigenvalue weighted by Gasteiger charge is 2.21. The van der Waals surface area contributed by atoms with Gasteiger partial charge in [0.1, 0.15) is 0 Å². The van der Waals surface area contributed by atoms with Gasteiger partial charge in [0, 0.05) is 12.1 Å². The molecule has 0 unspecified atom stereocenters. The molecule has 0 aromatic heterocycles. The van der Waals surface area contributed by atoms with Crippen molar-refractivity contribution in [3.63, 3.8) is 0 Å². The largest absolute Gasteiger partial charge is 0.396 e. The van der Waals surface area contributed by atoms with E-state index in [2.05, 4.69) is 0 Å². The van der Waals surface area contributed by atoms with Crippen LogP contribution in [0.25, 0.3) is 0 Å². The minimum atomic E-state index is -3.09. The average molecular weight is 195 g/mol. The molecule has 0 amide bonds. The van der Waals surface area contributed by atoms with E-state index in [0.29, 0.717) is 6.42 Å². The molecule has 0 aromatic rings. The zero-order valence-electron chi connectivity index (χ0n) is 7.58. The van der Waals surface area contributed by atoms with Crippen LogP contribution in [0.3, 0.4) is 0 Å². The lowest BCUT2D eigenvalue weighted by Gasteiger charge is -2.17. The van der Waals surface area contributed by atoms with Gasteiger partial charge in [-0.1, -0.05) is 0 Å². The highest BCUT2D eigenvalue weighted by Crippen LogP contribution is 2.04. The van der Waals surface area contributed by atoms with Gasteiger partial charge in [0.2, 0.25) is 0 Å². The molecule has 0 bridgehead atoms. The molecule has 0 saturated heterocycles. The lowest BCUT2D eigenvalue weighted by Crippen LogP contribution is -2.40. The maximum absolute atomic E-state index is 11.2.